The largest absolute Gasteiger partial charge is 0.348 e. The fourth-order valence-corrected chi connectivity index (χ4v) is 8.48. The number of anilines is 3. The van der Waals surface area contributed by atoms with Crippen molar-refractivity contribution in [2.45, 2.75) is 89.9 Å². The van der Waals surface area contributed by atoms with Gasteiger partial charge in [0, 0.05) is 50.8 Å². The number of halogens is 1. The summed E-state index contributed by atoms with van der Waals surface area (Å²) in [4.78, 5) is 44.7. The molecular formula is C34H46FN7O2. The van der Waals surface area contributed by atoms with Crippen LogP contribution < -0.4 is 15.1 Å². The molecule has 10 heteroatoms. The van der Waals surface area contributed by atoms with Crippen molar-refractivity contribution in [1.82, 2.24) is 25.1 Å². The van der Waals surface area contributed by atoms with E-state index in [1.165, 1.54) is 50.7 Å². The third kappa shape index (κ3) is 5.43. The number of aromatic nitrogens is 2. The first kappa shape index (κ1) is 29.4. The highest BCUT2D eigenvalue weighted by Gasteiger charge is 2.47. The fourth-order valence-electron chi connectivity index (χ4n) is 8.48. The number of hydrogen-bond donors (Lipinski definition) is 1. The van der Waals surface area contributed by atoms with E-state index in [1.54, 1.807) is 23.5 Å². The average molecular weight is 604 g/mol. The third-order valence-electron chi connectivity index (χ3n) is 10.9. The highest BCUT2D eigenvalue weighted by atomic mass is 19.1. The molecule has 2 bridgehead atoms. The molecule has 3 saturated heterocycles. The number of piperidine rings is 2. The van der Waals surface area contributed by atoms with Crippen LogP contribution in [-0.4, -0.2) is 88.5 Å². The number of fused-ring (bicyclic) bond motifs is 4. The zero-order valence-electron chi connectivity index (χ0n) is 26.3. The first-order chi connectivity index (χ1) is 21.3. The molecule has 6 aliphatic rings. The lowest BCUT2D eigenvalue weighted by atomic mass is 9.68. The Balaban J connectivity index is 1.08. The highest BCUT2D eigenvalue weighted by molar-refractivity contribution is 6.01. The minimum absolute atomic E-state index is 0.00717. The van der Waals surface area contributed by atoms with Gasteiger partial charge in [-0.2, -0.15) is 0 Å². The number of carbonyl (C=O) groups is 2. The van der Waals surface area contributed by atoms with Crippen LogP contribution in [0.3, 0.4) is 0 Å². The minimum atomic E-state index is -0.435. The second-order valence-electron chi connectivity index (χ2n) is 13.9. The zero-order valence-corrected chi connectivity index (χ0v) is 26.3. The van der Waals surface area contributed by atoms with Gasteiger partial charge in [-0.15, -0.1) is 0 Å². The fraction of sp³-hybridized carbons (Fsp3) is 0.647. The normalized spacial score (nSPS) is 28.0. The standard InChI is InChI=1S/C34H46FN7O2/c1-4-40(21(2)3)33(43)27-17-25(35)8-10-29(27)42-14-13-41(32-30(42)18-36-20-37-32)26-11-12-39(19-26)34(44)31-23-7-9-28(38-31)24(16-23)15-22-5-6-22/h8,10,17-18,20-24,26,28,31,38H,4-7,9,11-16,19H2,1-3H3/t23-,24+,26+,28+,31+/m1/s1. The summed E-state index contributed by atoms with van der Waals surface area (Å²) in [6.45, 7) is 9.13. The first-order valence-corrected chi connectivity index (χ1v) is 16.8. The smallest absolute Gasteiger partial charge is 0.256 e. The molecule has 0 radical (unpaired) electrons. The summed E-state index contributed by atoms with van der Waals surface area (Å²) in [5.41, 5.74) is 1.80. The molecule has 2 amide bonds. The molecule has 1 aromatic carbocycles. The maximum absolute atomic E-state index is 14.5. The van der Waals surface area contributed by atoms with Gasteiger partial charge < -0.3 is 24.9 Å². The maximum Gasteiger partial charge on any atom is 0.256 e. The molecule has 2 aliphatic carbocycles. The molecule has 0 spiro atoms. The predicted octanol–water partition coefficient (Wildman–Crippen LogP) is 4.60. The van der Waals surface area contributed by atoms with E-state index in [0.29, 0.717) is 49.4 Å². The van der Waals surface area contributed by atoms with Crippen LogP contribution in [0.1, 0.15) is 76.1 Å². The van der Waals surface area contributed by atoms with Gasteiger partial charge in [0.05, 0.1) is 23.5 Å². The number of benzene rings is 1. The van der Waals surface area contributed by atoms with Crippen molar-refractivity contribution < 1.29 is 14.0 Å². The minimum Gasteiger partial charge on any atom is -0.348 e. The molecule has 44 heavy (non-hydrogen) atoms. The second kappa shape index (κ2) is 11.9. The Morgan fingerprint density at radius 3 is 2.66 bits per heavy atom. The van der Waals surface area contributed by atoms with Crippen molar-refractivity contribution in [3.05, 3.63) is 42.1 Å². The number of hydrogen-bond acceptors (Lipinski definition) is 7. The van der Waals surface area contributed by atoms with E-state index in [-0.39, 0.29) is 29.9 Å². The molecular weight excluding hydrogens is 557 g/mol. The maximum atomic E-state index is 14.5. The molecule has 5 heterocycles. The summed E-state index contributed by atoms with van der Waals surface area (Å²) >= 11 is 0. The van der Waals surface area contributed by atoms with E-state index >= 15 is 0 Å². The quantitative estimate of drug-likeness (QED) is 0.472. The van der Waals surface area contributed by atoms with Crippen LogP contribution in [0.4, 0.5) is 21.6 Å². The van der Waals surface area contributed by atoms with Crippen molar-refractivity contribution in [3.8, 4) is 0 Å². The molecule has 2 saturated carbocycles. The van der Waals surface area contributed by atoms with Crippen molar-refractivity contribution in [1.29, 1.82) is 0 Å². The molecule has 8 rings (SSSR count). The Hall–Kier alpha value is -3.27. The lowest BCUT2D eigenvalue weighted by Crippen LogP contribution is -2.62. The van der Waals surface area contributed by atoms with Crippen LogP contribution in [0, 0.1) is 23.6 Å². The second-order valence-corrected chi connectivity index (χ2v) is 13.9. The molecule has 1 aromatic heterocycles. The van der Waals surface area contributed by atoms with Crippen LogP contribution in [0.5, 0.6) is 0 Å². The van der Waals surface area contributed by atoms with Crippen molar-refractivity contribution in [2.75, 3.05) is 42.5 Å². The molecule has 236 valence electrons. The first-order valence-electron chi connectivity index (χ1n) is 16.8. The highest BCUT2D eigenvalue weighted by Crippen LogP contribution is 2.45. The lowest BCUT2D eigenvalue weighted by Gasteiger charge is -2.48. The molecule has 5 atom stereocenters. The SMILES string of the molecule is CCN(C(=O)c1cc(F)ccc1N1CCN([C@H]2CCN(C(=O)[C@H]3N[C@H]4CC[C@@H]3C[C@@H]4CC3CC3)C2)c2ncncc21)C(C)C. The summed E-state index contributed by atoms with van der Waals surface area (Å²) < 4.78 is 14.5. The van der Waals surface area contributed by atoms with Crippen LogP contribution >= 0.6 is 0 Å². The molecule has 4 aliphatic heterocycles. The van der Waals surface area contributed by atoms with Crippen LogP contribution in [0.15, 0.2) is 30.7 Å². The molecule has 9 nitrogen and oxygen atoms in total. The van der Waals surface area contributed by atoms with Crippen molar-refractivity contribution in [3.63, 3.8) is 0 Å². The predicted molar refractivity (Wildman–Crippen MR) is 168 cm³/mol. The van der Waals surface area contributed by atoms with E-state index in [1.807, 2.05) is 25.7 Å². The van der Waals surface area contributed by atoms with Gasteiger partial charge in [0.2, 0.25) is 5.91 Å². The van der Waals surface area contributed by atoms with Gasteiger partial charge in [-0.1, -0.05) is 12.8 Å². The van der Waals surface area contributed by atoms with Crippen LogP contribution in [-0.2, 0) is 4.79 Å². The van der Waals surface area contributed by atoms with Gasteiger partial charge >= 0.3 is 0 Å². The lowest BCUT2D eigenvalue weighted by molar-refractivity contribution is -0.137. The number of carbonyl (C=O) groups excluding carboxylic acids is 2. The number of likely N-dealkylation sites (tertiary alicyclic amines) is 1. The van der Waals surface area contributed by atoms with Gasteiger partial charge in [0.1, 0.15) is 17.8 Å². The zero-order chi connectivity index (χ0) is 30.5. The van der Waals surface area contributed by atoms with Gasteiger partial charge in [-0.25, -0.2) is 14.4 Å². The summed E-state index contributed by atoms with van der Waals surface area (Å²) in [6.07, 6.45) is 11.9. The summed E-state index contributed by atoms with van der Waals surface area (Å²) in [6, 6.07) is 5.05. The molecule has 5 fully saturated rings. The summed E-state index contributed by atoms with van der Waals surface area (Å²) in [5, 5.41) is 3.79. The topological polar surface area (TPSA) is 84.9 Å². The monoisotopic (exact) mass is 603 g/mol. The summed E-state index contributed by atoms with van der Waals surface area (Å²) in [5.74, 6) is 2.58. The van der Waals surface area contributed by atoms with E-state index in [9.17, 15) is 14.0 Å². The molecule has 2 aromatic rings. The van der Waals surface area contributed by atoms with Crippen molar-refractivity contribution >= 4 is 29.0 Å². The van der Waals surface area contributed by atoms with Gasteiger partial charge in [0.15, 0.2) is 5.82 Å². The summed E-state index contributed by atoms with van der Waals surface area (Å²) in [7, 11) is 0. The van der Waals surface area contributed by atoms with Crippen molar-refractivity contribution in [2.24, 2.45) is 17.8 Å². The number of amides is 2. The molecule has 0 unspecified atom stereocenters. The Bertz CT molecular complexity index is 1400. The van der Waals surface area contributed by atoms with E-state index in [0.717, 1.165) is 36.3 Å². The van der Waals surface area contributed by atoms with E-state index < -0.39 is 5.82 Å². The van der Waals surface area contributed by atoms with Gasteiger partial charge in [-0.3, -0.25) is 9.59 Å². The van der Waals surface area contributed by atoms with Gasteiger partial charge in [0.25, 0.3) is 5.91 Å². The number of nitrogens with zero attached hydrogens (tertiary/aromatic N) is 6. The van der Waals surface area contributed by atoms with Gasteiger partial charge in [-0.05, 0) is 88.8 Å². The third-order valence-corrected chi connectivity index (χ3v) is 10.9. The Morgan fingerprint density at radius 2 is 1.93 bits per heavy atom. The van der Waals surface area contributed by atoms with Crippen LogP contribution in [0.2, 0.25) is 0 Å². The average Bonchev–Trinajstić information content (AvgIpc) is 3.72. The molecule has 1 N–H and O–H groups in total. The number of rotatable bonds is 8. The van der Waals surface area contributed by atoms with E-state index in [2.05, 4.69) is 20.1 Å². The number of nitrogens with one attached hydrogen (secondary N) is 1. The van der Waals surface area contributed by atoms with Crippen LogP contribution in [0.25, 0.3) is 0 Å². The van der Waals surface area contributed by atoms with E-state index in [4.69, 9.17) is 4.98 Å². The Labute approximate surface area is 260 Å². The Morgan fingerprint density at radius 1 is 1.09 bits per heavy atom. The Kier molecular flexibility index (Phi) is 7.97.